The fourth-order valence-electron chi connectivity index (χ4n) is 3.64. The summed E-state index contributed by atoms with van der Waals surface area (Å²) in [6.45, 7) is 3.82. The maximum absolute atomic E-state index is 13.1. The second kappa shape index (κ2) is 9.56. The normalized spacial score (nSPS) is 18.6. The fraction of sp³-hybridized carbons (Fsp3) is 0.435. The van der Waals surface area contributed by atoms with Gasteiger partial charge in [0.05, 0.1) is 26.0 Å². The number of aromatic nitrogens is 1. The molecule has 1 amide bonds. The first-order valence-corrected chi connectivity index (χ1v) is 10.9. The topological polar surface area (TPSA) is 82.0 Å². The number of hydrogen-bond donors (Lipinski definition) is 1. The number of ether oxygens (including phenoxy) is 2. The molecule has 0 spiro atoms. The number of methoxy groups -OCH3 is 2. The summed E-state index contributed by atoms with van der Waals surface area (Å²) in [6, 6.07) is 3.46. The SMILES string of the molecule is C#CC(C)NC(=O)C1(CCCC)CC(c2cc3cc(Br)cnc3c(OC)c2OC)=NO1. The molecule has 8 heteroatoms. The Kier molecular flexibility index (Phi) is 7.06. The molecule has 0 radical (unpaired) electrons. The molecule has 3 rings (SSSR count). The first kappa shape index (κ1) is 22.9. The molecular formula is C23H26BrN3O4. The van der Waals surface area contributed by atoms with Crippen LogP contribution in [-0.2, 0) is 9.63 Å². The van der Waals surface area contributed by atoms with E-state index in [1.54, 1.807) is 27.3 Å². The van der Waals surface area contributed by atoms with Crippen LogP contribution in [0, 0.1) is 12.3 Å². The van der Waals surface area contributed by atoms with Crippen molar-refractivity contribution in [1.82, 2.24) is 10.3 Å². The van der Waals surface area contributed by atoms with Gasteiger partial charge in [0.25, 0.3) is 5.91 Å². The average molecular weight is 488 g/mol. The van der Waals surface area contributed by atoms with Crippen LogP contribution < -0.4 is 14.8 Å². The Morgan fingerprint density at radius 2 is 2.13 bits per heavy atom. The number of oxime groups is 1. The smallest absolute Gasteiger partial charge is 0.268 e. The number of fused-ring (bicyclic) bond motifs is 1. The maximum Gasteiger partial charge on any atom is 0.268 e. The molecular weight excluding hydrogens is 462 g/mol. The van der Waals surface area contributed by atoms with Gasteiger partial charge in [-0.2, -0.15) is 0 Å². The van der Waals surface area contributed by atoms with Gasteiger partial charge >= 0.3 is 0 Å². The summed E-state index contributed by atoms with van der Waals surface area (Å²) in [7, 11) is 3.13. The minimum atomic E-state index is -1.11. The lowest BCUT2D eigenvalue weighted by Gasteiger charge is -2.26. The zero-order valence-electron chi connectivity index (χ0n) is 18.1. The lowest BCUT2D eigenvalue weighted by atomic mass is 9.87. The van der Waals surface area contributed by atoms with E-state index >= 15 is 0 Å². The maximum atomic E-state index is 13.1. The van der Waals surface area contributed by atoms with E-state index < -0.39 is 11.6 Å². The van der Waals surface area contributed by atoms with Crippen molar-refractivity contribution in [3.05, 3.63) is 28.4 Å². The number of pyridine rings is 1. The van der Waals surface area contributed by atoms with E-state index in [0.29, 0.717) is 41.1 Å². The highest BCUT2D eigenvalue weighted by Gasteiger charge is 2.47. The number of terminal acetylenes is 1. The summed E-state index contributed by atoms with van der Waals surface area (Å²) in [4.78, 5) is 23.3. The quantitative estimate of drug-likeness (QED) is 0.564. The summed E-state index contributed by atoms with van der Waals surface area (Å²) in [5.41, 5.74) is 0.863. The highest BCUT2D eigenvalue weighted by Crippen LogP contribution is 2.42. The lowest BCUT2D eigenvalue weighted by Crippen LogP contribution is -2.49. The third-order valence-corrected chi connectivity index (χ3v) is 5.73. The Labute approximate surface area is 190 Å². The van der Waals surface area contributed by atoms with Crippen molar-refractivity contribution in [1.29, 1.82) is 0 Å². The summed E-state index contributed by atoms with van der Waals surface area (Å²) in [5.74, 6) is 3.26. The summed E-state index contributed by atoms with van der Waals surface area (Å²) < 4.78 is 12.1. The van der Waals surface area contributed by atoms with E-state index in [1.807, 2.05) is 12.1 Å². The largest absolute Gasteiger partial charge is 0.492 e. The van der Waals surface area contributed by atoms with Crippen LogP contribution in [0.25, 0.3) is 10.9 Å². The molecule has 0 saturated heterocycles. The Morgan fingerprint density at radius 3 is 2.77 bits per heavy atom. The predicted molar refractivity (Wildman–Crippen MR) is 123 cm³/mol. The summed E-state index contributed by atoms with van der Waals surface area (Å²) in [5, 5.41) is 8.00. The van der Waals surface area contributed by atoms with Crippen molar-refractivity contribution in [3.8, 4) is 23.8 Å². The van der Waals surface area contributed by atoms with Crippen molar-refractivity contribution in [2.24, 2.45) is 5.16 Å². The molecule has 0 bridgehead atoms. The van der Waals surface area contributed by atoms with Crippen molar-refractivity contribution < 1.29 is 19.1 Å². The number of hydrogen-bond acceptors (Lipinski definition) is 6. The molecule has 31 heavy (non-hydrogen) atoms. The van der Waals surface area contributed by atoms with Crippen LogP contribution in [0.15, 0.2) is 28.0 Å². The van der Waals surface area contributed by atoms with E-state index in [0.717, 1.165) is 22.7 Å². The van der Waals surface area contributed by atoms with Gasteiger partial charge in [0.15, 0.2) is 11.5 Å². The first-order valence-electron chi connectivity index (χ1n) is 10.1. The van der Waals surface area contributed by atoms with E-state index in [1.165, 1.54) is 0 Å². The average Bonchev–Trinajstić information content (AvgIpc) is 3.21. The number of halogens is 1. The van der Waals surface area contributed by atoms with Gasteiger partial charge in [-0.3, -0.25) is 9.78 Å². The van der Waals surface area contributed by atoms with Crippen LogP contribution >= 0.6 is 15.9 Å². The number of nitrogens with zero attached hydrogens (tertiary/aromatic N) is 2. The Hall–Kier alpha value is -2.79. The van der Waals surface area contributed by atoms with Crippen molar-refractivity contribution in [2.45, 2.75) is 51.2 Å². The van der Waals surface area contributed by atoms with Crippen LogP contribution in [0.5, 0.6) is 11.5 Å². The van der Waals surface area contributed by atoms with E-state index in [4.69, 9.17) is 20.7 Å². The molecule has 0 saturated carbocycles. The highest BCUT2D eigenvalue weighted by molar-refractivity contribution is 9.10. The van der Waals surface area contributed by atoms with E-state index in [-0.39, 0.29) is 5.91 Å². The zero-order chi connectivity index (χ0) is 22.6. The number of benzene rings is 1. The van der Waals surface area contributed by atoms with Gasteiger partial charge < -0.3 is 19.6 Å². The zero-order valence-corrected chi connectivity index (χ0v) is 19.7. The van der Waals surface area contributed by atoms with Crippen LogP contribution in [0.1, 0.15) is 45.1 Å². The molecule has 1 N–H and O–H groups in total. The molecule has 2 atom stereocenters. The standard InChI is InChI=1S/C23H26BrN3O4/c1-6-8-9-23(22(28)26-14(3)7-2)12-18(27-31-23)17-11-15-10-16(24)13-25-19(15)21(30-5)20(17)29-4/h2,10-11,13-14H,6,8-9,12H2,1,3-5H3,(H,26,28). The fourth-order valence-corrected chi connectivity index (χ4v) is 3.98. The van der Waals surface area contributed by atoms with E-state index in [2.05, 4.69) is 44.2 Å². The van der Waals surface area contributed by atoms with Crippen molar-refractivity contribution >= 4 is 38.5 Å². The number of rotatable bonds is 8. The minimum Gasteiger partial charge on any atom is -0.492 e. The molecule has 7 nitrogen and oxygen atoms in total. The lowest BCUT2D eigenvalue weighted by molar-refractivity contribution is -0.145. The molecule has 2 heterocycles. The summed E-state index contributed by atoms with van der Waals surface area (Å²) >= 11 is 3.46. The molecule has 1 aliphatic rings. The van der Waals surface area contributed by atoms with Gasteiger partial charge in [0.2, 0.25) is 5.60 Å². The molecule has 1 aromatic carbocycles. The third-order valence-electron chi connectivity index (χ3n) is 5.30. The van der Waals surface area contributed by atoms with Gasteiger partial charge in [-0.1, -0.05) is 24.4 Å². The second-order valence-electron chi connectivity index (χ2n) is 7.48. The van der Waals surface area contributed by atoms with Gasteiger partial charge in [0, 0.05) is 28.0 Å². The Balaban J connectivity index is 2.05. The number of nitrogens with one attached hydrogen (secondary N) is 1. The monoisotopic (exact) mass is 487 g/mol. The predicted octanol–water partition coefficient (Wildman–Crippen LogP) is 4.21. The molecule has 1 aromatic heterocycles. The molecule has 0 aliphatic carbocycles. The number of carbonyl (C=O) groups is 1. The second-order valence-corrected chi connectivity index (χ2v) is 8.40. The van der Waals surface area contributed by atoms with Crippen LogP contribution in [-0.4, -0.2) is 42.5 Å². The van der Waals surface area contributed by atoms with Gasteiger partial charge in [0.1, 0.15) is 5.52 Å². The van der Waals surface area contributed by atoms with E-state index in [9.17, 15) is 4.79 Å². The molecule has 0 fully saturated rings. The Bertz CT molecular complexity index is 1060. The van der Waals surface area contributed by atoms with Gasteiger partial charge in [-0.15, -0.1) is 6.42 Å². The van der Waals surface area contributed by atoms with Gasteiger partial charge in [-0.05, 0) is 47.8 Å². The van der Waals surface area contributed by atoms with Crippen LogP contribution in [0.4, 0.5) is 0 Å². The van der Waals surface area contributed by atoms with Crippen LogP contribution in [0.3, 0.4) is 0 Å². The summed E-state index contributed by atoms with van der Waals surface area (Å²) in [6.07, 6.45) is 9.70. The minimum absolute atomic E-state index is 0.263. The van der Waals surface area contributed by atoms with Crippen molar-refractivity contribution in [2.75, 3.05) is 14.2 Å². The van der Waals surface area contributed by atoms with Gasteiger partial charge in [-0.25, -0.2) is 0 Å². The van der Waals surface area contributed by atoms with Crippen molar-refractivity contribution in [3.63, 3.8) is 0 Å². The van der Waals surface area contributed by atoms with Crippen LogP contribution in [0.2, 0.25) is 0 Å². The number of amides is 1. The first-order chi connectivity index (χ1) is 14.9. The third kappa shape index (κ3) is 4.47. The highest BCUT2D eigenvalue weighted by atomic mass is 79.9. The molecule has 2 unspecified atom stereocenters. The molecule has 2 aromatic rings. The number of unbranched alkanes of at least 4 members (excludes halogenated alkanes) is 1. The molecule has 164 valence electrons. The number of carbonyl (C=O) groups excluding carboxylic acids is 1. The molecule has 1 aliphatic heterocycles. The Morgan fingerprint density at radius 1 is 1.39 bits per heavy atom.